The average Bonchev–Trinajstić information content (AvgIpc) is 3.18. The second-order valence-corrected chi connectivity index (χ2v) is 8.25. The summed E-state index contributed by atoms with van der Waals surface area (Å²) in [6, 6.07) is 13.8. The normalized spacial score (nSPS) is 12.2. The van der Waals surface area contributed by atoms with E-state index in [2.05, 4.69) is 10.1 Å². The number of nitrogens with two attached hydrogens (primary N) is 1. The van der Waals surface area contributed by atoms with Crippen LogP contribution in [0.1, 0.15) is 24.3 Å². The van der Waals surface area contributed by atoms with Crippen molar-refractivity contribution in [2.45, 2.75) is 24.3 Å². The molecule has 0 spiro atoms. The number of sulfone groups is 1. The molecule has 1 heterocycles. The quantitative estimate of drug-likeness (QED) is 0.621. The van der Waals surface area contributed by atoms with Crippen molar-refractivity contribution in [1.82, 2.24) is 10.1 Å². The van der Waals surface area contributed by atoms with Crippen molar-refractivity contribution in [3.05, 3.63) is 60.0 Å². The van der Waals surface area contributed by atoms with E-state index >= 15 is 0 Å². The van der Waals surface area contributed by atoms with E-state index in [4.69, 9.17) is 15.0 Å². The van der Waals surface area contributed by atoms with Crippen LogP contribution in [-0.2, 0) is 16.4 Å². The van der Waals surface area contributed by atoms with E-state index in [-0.39, 0.29) is 28.9 Å². The molecule has 0 aliphatic heterocycles. The highest BCUT2D eigenvalue weighted by molar-refractivity contribution is 7.91. The number of nitrogens with zero attached hydrogens (tertiary/aromatic N) is 2. The van der Waals surface area contributed by atoms with Crippen molar-refractivity contribution in [2.75, 3.05) is 12.9 Å². The molecule has 0 aliphatic carbocycles. The van der Waals surface area contributed by atoms with Gasteiger partial charge in [0.15, 0.2) is 9.84 Å². The van der Waals surface area contributed by atoms with Crippen molar-refractivity contribution in [3.63, 3.8) is 0 Å². The molecule has 0 fully saturated rings. The fourth-order valence-electron chi connectivity index (χ4n) is 2.62. The van der Waals surface area contributed by atoms with Gasteiger partial charge in [-0.1, -0.05) is 36.3 Å². The molecule has 1 aromatic heterocycles. The van der Waals surface area contributed by atoms with Gasteiger partial charge in [-0.25, -0.2) is 8.42 Å². The van der Waals surface area contributed by atoms with Gasteiger partial charge in [0.1, 0.15) is 5.75 Å². The van der Waals surface area contributed by atoms with Crippen LogP contribution < -0.4 is 10.5 Å². The fraction of sp³-hybridized carbons (Fsp3) is 0.263. The molecule has 1 unspecified atom stereocenters. The van der Waals surface area contributed by atoms with Gasteiger partial charge in [0.05, 0.1) is 17.8 Å². The second-order valence-electron chi connectivity index (χ2n) is 6.22. The second kappa shape index (κ2) is 9.18. The van der Waals surface area contributed by atoms with Gasteiger partial charge < -0.3 is 15.0 Å². The highest BCUT2D eigenvalue weighted by Crippen LogP contribution is 2.24. The lowest BCUT2D eigenvalue weighted by Gasteiger charge is -2.08. The zero-order valence-electron chi connectivity index (χ0n) is 15.5. The average molecular weight is 424 g/mol. The predicted molar refractivity (Wildman–Crippen MR) is 108 cm³/mol. The lowest BCUT2D eigenvalue weighted by molar-refractivity contribution is 0.365. The first-order valence-corrected chi connectivity index (χ1v) is 10.1. The molecule has 0 saturated carbocycles. The van der Waals surface area contributed by atoms with Crippen LogP contribution in [0.3, 0.4) is 0 Å². The topological polar surface area (TPSA) is 108 Å². The molecular formula is C19H22ClN3O4S. The minimum Gasteiger partial charge on any atom is -0.497 e. The molecule has 2 aromatic carbocycles. The fourth-order valence-corrected chi connectivity index (χ4v) is 4.17. The minimum absolute atomic E-state index is 0. The third-order valence-corrected chi connectivity index (χ3v) is 6.13. The highest BCUT2D eigenvalue weighted by Gasteiger charge is 2.24. The summed E-state index contributed by atoms with van der Waals surface area (Å²) in [5.74, 6) is 0.727. The Balaban J connectivity index is 0.00000280. The first-order chi connectivity index (χ1) is 12.9. The summed E-state index contributed by atoms with van der Waals surface area (Å²) in [5, 5.41) is 3.96. The van der Waals surface area contributed by atoms with Crippen LogP contribution in [0.2, 0.25) is 0 Å². The van der Waals surface area contributed by atoms with Crippen LogP contribution in [0.4, 0.5) is 0 Å². The van der Waals surface area contributed by atoms with Crippen molar-refractivity contribution >= 4 is 22.2 Å². The zero-order chi connectivity index (χ0) is 19.4. The molecule has 0 bridgehead atoms. The minimum atomic E-state index is -3.49. The number of benzene rings is 2. The van der Waals surface area contributed by atoms with E-state index in [1.54, 1.807) is 19.1 Å². The van der Waals surface area contributed by atoms with E-state index < -0.39 is 15.8 Å². The molecule has 1 atom stereocenters. The zero-order valence-corrected chi connectivity index (χ0v) is 17.2. The van der Waals surface area contributed by atoms with Crippen molar-refractivity contribution < 1.29 is 17.7 Å². The molecule has 7 nitrogen and oxygen atoms in total. The molecule has 0 saturated heterocycles. The van der Waals surface area contributed by atoms with Crippen molar-refractivity contribution in [1.29, 1.82) is 0 Å². The number of ether oxygens (including phenoxy) is 1. The molecule has 28 heavy (non-hydrogen) atoms. The van der Waals surface area contributed by atoms with E-state index in [1.165, 1.54) is 19.2 Å². The predicted octanol–water partition coefficient (Wildman–Crippen LogP) is 3.20. The summed E-state index contributed by atoms with van der Waals surface area (Å²) in [6.07, 6.45) is 0. The van der Waals surface area contributed by atoms with Gasteiger partial charge in [-0.2, -0.15) is 4.98 Å². The van der Waals surface area contributed by atoms with Crippen LogP contribution in [0.15, 0.2) is 57.9 Å². The Morgan fingerprint density at radius 2 is 1.75 bits per heavy atom. The number of rotatable bonds is 7. The summed E-state index contributed by atoms with van der Waals surface area (Å²) >= 11 is 0. The maximum Gasteiger partial charge on any atom is 0.230 e. The summed E-state index contributed by atoms with van der Waals surface area (Å²) in [5.41, 5.74) is 7.38. The van der Waals surface area contributed by atoms with Crippen LogP contribution in [0, 0.1) is 0 Å². The number of aromatic nitrogens is 2. The Morgan fingerprint density at radius 1 is 1.11 bits per heavy atom. The largest absolute Gasteiger partial charge is 0.497 e. The van der Waals surface area contributed by atoms with Gasteiger partial charge in [0.25, 0.3) is 0 Å². The Hall–Kier alpha value is -2.42. The van der Waals surface area contributed by atoms with Gasteiger partial charge in [-0.3, -0.25) is 0 Å². The lowest BCUT2D eigenvalue weighted by atomic mass is 10.1. The summed E-state index contributed by atoms with van der Waals surface area (Å²) in [4.78, 5) is 4.58. The third kappa shape index (κ3) is 4.89. The van der Waals surface area contributed by atoms with Gasteiger partial charge in [0.2, 0.25) is 11.7 Å². The van der Waals surface area contributed by atoms with Crippen molar-refractivity contribution in [3.8, 4) is 17.1 Å². The Kier molecular flexibility index (Phi) is 7.17. The lowest BCUT2D eigenvalue weighted by Crippen LogP contribution is -2.13. The Labute approximate surface area is 170 Å². The number of halogens is 1. The molecule has 0 radical (unpaired) electrons. The van der Waals surface area contributed by atoms with Crippen LogP contribution in [0.25, 0.3) is 11.4 Å². The Morgan fingerprint density at radius 3 is 2.32 bits per heavy atom. The number of hydrogen-bond acceptors (Lipinski definition) is 7. The molecule has 3 aromatic rings. The summed E-state index contributed by atoms with van der Waals surface area (Å²) < 4.78 is 35.6. The van der Waals surface area contributed by atoms with Crippen LogP contribution >= 0.6 is 12.4 Å². The van der Waals surface area contributed by atoms with Gasteiger partial charge in [-0.15, -0.1) is 12.4 Å². The monoisotopic (exact) mass is 423 g/mol. The first kappa shape index (κ1) is 21.9. The van der Waals surface area contributed by atoms with E-state index in [9.17, 15) is 8.42 Å². The van der Waals surface area contributed by atoms with E-state index in [1.807, 2.05) is 24.3 Å². The van der Waals surface area contributed by atoms with Gasteiger partial charge >= 0.3 is 0 Å². The van der Waals surface area contributed by atoms with Gasteiger partial charge in [0, 0.05) is 18.0 Å². The Bertz CT molecular complexity index is 1000. The molecule has 0 aliphatic rings. The van der Waals surface area contributed by atoms with Crippen molar-refractivity contribution in [2.24, 2.45) is 5.73 Å². The molecule has 3 rings (SSSR count). The van der Waals surface area contributed by atoms with Gasteiger partial charge in [-0.05, 0) is 29.8 Å². The third-order valence-electron chi connectivity index (χ3n) is 4.20. The first-order valence-electron chi connectivity index (χ1n) is 8.42. The molecular weight excluding hydrogens is 402 g/mol. The maximum absolute atomic E-state index is 12.6. The molecule has 0 amide bonds. The number of methoxy groups -OCH3 is 1. The van der Waals surface area contributed by atoms with Crippen LogP contribution in [0.5, 0.6) is 5.75 Å². The standard InChI is InChI=1S/C19H21N3O4S.ClH/c1-13(12-27(23,24)17-9-7-16(25-2)8-10-17)19-21-18(22-26-19)15-5-3-14(11-20)4-6-15;/h3-10,13H,11-12,20H2,1-2H3;1H. The smallest absolute Gasteiger partial charge is 0.230 e. The van der Waals surface area contributed by atoms with E-state index in [0.29, 0.717) is 18.1 Å². The highest BCUT2D eigenvalue weighted by atomic mass is 35.5. The summed E-state index contributed by atoms with van der Waals surface area (Å²) in [7, 11) is -1.96. The SMILES string of the molecule is COc1ccc(S(=O)(=O)CC(C)c2nc(-c3ccc(CN)cc3)no2)cc1.Cl. The molecule has 9 heteroatoms. The summed E-state index contributed by atoms with van der Waals surface area (Å²) in [6.45, 7) is 2.20. The van der Waals surface area contributed by atoms with Crippen LogP contribution in [-0.4, -0.2) is 31.4 Å². The number of hydrogen-bond donors (Lipinski definition) is 1. The van der Waals surface area contributed by atoms with E-state index in [0.717, 1.165) is 11.1 Å². The molecule has 150 valence electrons. The molecule has 2 N–H and O–H groups in total. The maximum atomic E-state index is 12.6.